The van der Waals surface area contributed by atoms with Gasteiger partial charge in [-0.2, -0.15) is 13.2 Å². The Labute approximate surface area is 166 Å². The Balaban J connectivity index is 1.51. The van der Waals surface area contributed by atoms with Crippen LogP contribution in [-0.2, 0) is 12.9 Å². The molecule has 0 aromatic heterocycles. The van der Waals surface area contributed by atoms with E-state index in [-0.39, 0.29) is 18.2 Å². The van der Waals surface area contributed by atoms with Gasteiger partial charge in [0.05, 0.1) is 5.56 Å². The number of rotatable bonds is 5. The third-order valence-corrected chi connectivity index (χ3v) is 4.78. The lowest BCUT2D eigenvalue weighted by Crippen LogP contribution is -2.43. The third kappa shape index (κ3) is 6.10. The number of benzene rings is 2. The number of nitrogens with one attached hydrogen (secondary N) is 2. The molecule has 156 valence electrons. The first kappa shape index (κ1) is 21.0. The Bertz CT molecular complexity index is 824. The van der Waals surface area contributed by atoms with Gasteiger partial charge in [0.15, 0.2) is 0 Å². The van der Waals surface area contributed by atoms with Gasteiger partial charge in [0.2, 0.25) is 0 Å². The molecule has 2 aromatic rings. The maximum absolute atomic E-state index is 12.7. The number of carbonyl (C=O) groups is 1. The zero-order chi connectivity index (χ0) is 20.9. The first-order chi connectivity index (χ1) is 13.8. The first-order valence-corrected chi connectivity index (χ1v) is 9.40. The number of anilines is 1. The zero-order valence-corrected chi connectivity index (χ0v) is 15.6. The number of ether oxygens (including phenoxy) is 1. The van der Waals surface area contributed by atoms with Crippen molar-refractivity contribution in [3.05, 3.63) is 59.7 Å². The molecule has 1 fully saturated rings. The number of alkyl halides is 4. The van der Waals surface area contributed by atoms with Crippen molar-refractivity contribution < 1.29 is 27.1 Å². The number of amides is 2. The molecule has 2 aromatic carbocycles. The van der Waals surface area contributed by atoms with E-state index in [2.05, 4.69) is 10.6 Å². The Hall–Kier alpha value is -2.77. The van der Waals surface area contributed by atoms with E-state index in [4.69, 9.17) is 4.74 Å². The molecule has 0 saturated heterocycles. The summed E-state index contributed by atoms with van der Waals surface area (Å²) in [6, 6.07) is 10.6. The monoisotopic (exact) mass is 410 g/mol. The van der Waals surface area contributed by atoms with E-state index in [0.717, 1.165) is 31.4 Å². The summed E-state index contributed by atoms with van der Waals surface area (Å²) in [5, 5.41) is 5.56. The summed E-state index contributed by atoms with van der Waals surface area (Å²) in [5.41, 5.74) is 0.262. The van der Waals surface area contributed by atoms with Crippen molar-refractivity contribution in [2.45, 2.75) is 50.7 Å². The lowest BCUT2D eigenvalue weighted by atomic mass is 9.93. The van der Waals surface area contributed by atoms with Crippen LogP contribution in [0.3, 0.4) is 0 Å². The maximum Gasteiger partial charge on any atom is 0.416 e. The van der Waals surface area contributed by atoms with E-state index in [0.29, 0.717) is 23.4 Å². The van der Waals surface area contributed by atoms with Gasteiger partial charge in [0.1, 0.15) is 18.5 Å². The highest BCUT2D eigenvalue weighted by molar-refractivity contribution is 5.89. The van der Waals surface area contributed by atoms with Crippen molar-refractivity contribution >= 4 is 11.7 Å². The Kier molecular flexibility index (Phi) is 6.61. The van der Waals surface area contributed by atoms with Crippen LogP contribution in [0.4, 0.5) is 28.0 Å². The summed E-state index contributed by atoms with van der Waals surface area (Å²) in [7, 11) is 0. The summed E-state index contributed by atoms with van der Waals surface area (Å²) in [6.07, 6.45) is -1.65. The van der Waals surface area contributed by atoms with Gasteiger partial charge in [-0.15, -0.1) is 0 Å². The van der Waals surface area contributed by atoms with Gasteiger partial charge in [0.25, 0.3) is 0 Å². The van der Waals surface area contributed by atoms with Gasteiger partial charge in [0, 0.05) is 18.2 Å². The number of hydrogen-bond acceptors (Lipinski definition) is 2. The van der Waals surface area contributed by atoms with Gasteiger partial charge in [-0.3, -0.25) is 0 Å². The lowest BCUT2D eigenvalue weighted by molar-refractivity contribution is -0.137. The van der Waals surface area contributed by atoms with E-state index in [9.17, 15) is 22.4 Å². The molecule has 2 N–H and O–H groups in total. The molecule has 8 heteroatoms. The van der Waals surface area contributed by atoms with Crippen LogP contribution >= 0.6 is 0 Å². The molecular formula is C21H22F4N2O2. The third-order valence-electron chi connectivity index (χ3n) is 4.78. The fourth-order valence-corrected chi connectivity index (χ4v) is 3.38. The molecule has 0 heterocycles. The van der Waals surface area contributed by atoms with E-state index in [1.807, 2.05) is 0 Å². The summed E-state index contributed by atoms with van der Waals surface area (Å²) in [6.45, 7) is -0.608. The SMILES string of the molecule is O=C(Nc1cccc(CF)c1)NC1CCCC(Oc2ccc(C(F)(F)F)cc2)C1. The predicted octanol–water partition coefficient (Wildman–Crippen LogP) is 5.69. The molecule has 1 saturated carbocycles. The van der Waals surface area contributed by atoms with Crippen molar-refractivity contribution in [3.63, 3.8) is 0 Å². The van der Waals surface area contributed by atoms with Crippen LogP contribution < -0.4 is 15.4 Å². The fourth-order valence-electron chi connectivity index (χ4n) is 3.38. The molecular weight excluding hydrogens is 388 g/mol. The molecule has 4 nitrogen and oxygen atoms in total. The van der Waals surface area contributed by atoms with Gasteiger partial charge in [-0.1, -0.05) is 12.1 Å². The Morgan fingerprint density at radius 2 is 1.86 bits per heavy atom. The molecule has 2 amide bonds. The molecule has 1 aliphatic carbocycles. The van der Waals surface area contributed by atoms with E-state index >= 15 is 0 Å². The second-order valence-electron chi connectivity index (χ2n) is 7.06. The highest BCUT2D eigenvalue weighted by Crippen LogP contribution is 2.31. The summed E-state index contributed by atoms with van der Waals surface area (Å²) in [4.78, 5) is 12.2. The standard InChI is InChI=1S/C21H22F4N2O2/c22-13-14-3-1-4-16(11-14)26-20(28)27-17-5-2-6-19(12-17)29-18-9-7-15(8-10-18)21(23,24)25/h1,3-4,7-11,17,19H,2,5-6,12-13H2,(H2,26,27,28). The van der Waals surface area contributed by atoms with Crippen LogP contribution in [0.5, 0.6) is 5.75 Å². The zero-order valence-electron chi connectivity index (χ0n) is 15.6. The van der Waals surface area contributed by atoms with Crippen molar-refractivity contribution in [1.29, 1.82) is 0 Å². The minimum absolute atomic E-state index is 0.118. The molecule has 0 radical (unpaired) electrons. The fraction of sp³-hybridized carbons (Fsp3) is 0.381. The van der Waals surface area contributed by atoms with Crippen molar-refractivity contribution in [1.82, 2.24) is 5.32 Å². The quantitative estimate of drug-likeness (QED) is 0.623. The van der Waals surface area contributed by atoms with E-state index in [1.54, 1.807) is 24.3 Å². The summed E-state index contributed by atoms with van der Waals surface area (Å²) < 4.78 is 56.5. The topological polar surface area (TPSA) is 50.4 Å². The Morgan fingerprint density at radius 1 is 1.10 bits per heavy atom. The molecule has 3 rings (SSSR count). The molecule has 1 aliphatic rings. The maximum atomic E-state index is 12.7. The largest absolute Gasteiger partial charge is 0.490 e. The molecule has 0 spiro atoms. The molecule has 0 aliphatic heterocycles. The van der Waals surface area contributed by atoms with Gasteiger partial charge >= 0.3 is 12.2 Å². The van der Waals surface area contributed by atoms with Crippen LogP contribution in [-0.4, -0.2) is 18.2 Å². The van der Waals surface area contributed by atoms with Gasteiger partial charge in [-0.25, -0.2) is 9.18 Å². The second kappa shape index (κ2) is 9.15. The molecule has 29 heavy (non-hydrogen) atoms. The highest BCUT2D eigenvalue weighted by Gasteiger charge is 2.30. The minimum atomic E-state index is -4.38. The minimum Gasteiger partial charge on any atom is -0.490 e. The summed E-state index contributed by atoms with van der Waals surface area (Å²) >= 11 is 0. The van der Waals surface area contributed by atoms with Crippen LogP contribution in [0, 0.1) is 0 Å². The van der Waals surface area contributed by atoms with Gasteiger partial charge in [-0.05, 0) is 61.2 Å². The second-order valence-corrected chi connectivity index (χ2v) is 7.06. The molecule has 2 unspecified atom stereocenters. The van der Waals surface area contributed by atoms with Gasteiger partial charge < -0.3 is 15.4 Å². The first-order valence-electron chi connectivity index (χ1n) is 9.40. The summed E-state index contributed by atoms with van der Waals surface area (Å²) in [5.74, 6) is 0.371. The smallest absolute Gasteiger partial charge is 0.416 e. The highest BCUT2D eigenvalue weighted by atomic mass is 19.4. The molecule has 2 atom stereocenters. The van der Waals surface area contributed by atoms with Crippen molar-refractivity contribution in [3.8, 4) is 5.75 Å². The number of halogens is 4. The molecule has 0 bridgehead atoms. The number of hydrogen-bond donors (Lipinski definition) is 2. The van der Waals surface area contributed by atoms with Crippen LogP contribution in [0.15, 0.2) is 48.5 Å². The lowest BCUT2D eigenvalue weighted by Gasteiger charge is -2.30. The Morgan fingerprint density at radius 3 is 2.55 bits per heavy atom. The number of carbonyl (C=O) groups excluding carboxylic acids is 1. The van der Waals surface area contributed by atoms with Crippen LogP contribution in [0.1, 0.15) is 36.8 Å². The van der Waals surface area contributed by atoms with Crippen LogP contribution in [0.2, 0.25) is 0 Å². The van der Waals surface area contributed by atoms with Crippen molar-refractivity contribution in [2.24, 2.45) is 0 Å². The average molecular weight is 410 g/mol. The van der Waals surface area contributed by atoms with E-state index in [1.165, 1.54) is 12.1 Å². The van der Waals surface area contributed by atoms with Crippen molar-refractivity contribution in [2.75, 3.05) is 5.32 Å². The average Bonchev–Trinajstić information content (AvgIpc) is 2.68. The normalized spacial score (nSPS) is 19.4. The number of urea groups is 1. The van der Waals surface area contributed by atoms with E-state index < -0.39 is 18.4 Å². The van der Waals surface area contributed by atoms with Crippen LogP contribution in [0.25, 0.3) is 0 Å². The predicted molar refractivity (Wildman–Crippen MR) is 102 cm³/mol.